The Balaban J connectivity index is 1.11. The number of benzene rings is 1. The molecule has 0 spiro atoms. The summed E-state index contributed by atoms with van der Waals surface area (Å²) < 4.78 is 19.6. The van der Waals surface area contributed by atoms with Gasteiger partial charge in [0, 0.05) is 31.7 Å². The normalized spacial score (nSPS) is 30.6. The van der Waals surface area contributed by atoms with Crippen molar-refractivity contribution in [2.45, 2.75) is 62.9 Å². The van der Waals surface area contributed by atoms with Gasteiger partial charge in [0.1, 0.15) is 17.2 Å². The molecule has 1 saturated carbocycles. The molecule has 1 aromatic heterocycles. The highest BCUT2D eigenvalue weighted by Crippen LogP contribution is 2.33. The van der Waals surface area contributed by atoms with Gasteiger partial charge in [-0.2, -0.15) is 0 Å². The number of H-pyrrole nitrogens is 1. The molecule has 6 rings (SSSR count). The summed E-state index contributed by atoms with van der Waals surface area (Å²) in [5.41, 5.74) is 1.29. The quantitative estimate of drug-likeness (QED) is 0.749. The Kier molecular flexibility index (Phi) is 5.51. The van der Waals surface area contributed by atoms with Gasteiger partial charge in [0.15, 0.2) is 0 Å². The molecule has 4 fully saturated rings. The third-order valence-electron chi connectivity index (χ3n) is 6.69. The summed E-state index contributed by atoms with van der Waals surface area (Å²) in [5.74, 6) is 0.488. The molecule has 0 amide bonds. The molecule has 0 radical (unpaired) electrons. The van der Waals surface area contributed by atoms with Crippen LogP contribution in [-0.2, 0) is 11.3 Å². The number of aromatic amines is 1. The molecule has 158 valence electrons. The second kappa shape index (κ2) is 8.12. The van der Waals surface area contributed by atoms with E-state index in [1.54, 1.807) is 0 Å². The number of fused-ring (bicyclic) bond motifs is 3. The Bertz CT molecular complexity index is 858. The Labute approximate surface area is 175 Å². The first kappa shape index (κ1) is 19.7. The number of aliphatic hydroxyl groups is 1. The van der Waals surface area contributed by atoms with Crippen LogP contribution < -0.4 is 0 Å². The molecule has 1 aliphatic carbocycles. The first-order valence-corrected chi connectivity index (χ1v) is 11.0. The third-order valence-corrected chi connectivity index (χ3v) is 6.98. The average Bonchev–Trinajstić information content (AvgIpc) is 3.09. The van der Waals surface area contributed by atoms with Crippen molar-refractivity contribution in [1.82, 2.24) is 19.8 Å². The van der Waals surface area contributed by atoms with E-state index in [0.717, 1.165) is 64.3 Å². The molecular formula is C21H28ClFN4O2. The summed E-state index contributed by atoms with van der Waals surface area (Å²) in [6.07, 6.45) is 5.14. The number of aromatic nitrogens is 2. The number of nitrogens with one attached hydrogen (secondary N) is 1. The Morgan fingerprint density at radius 1 is 1.21 bits per heavy atom. The number of aliphatic hydroxyl groups excluding tert-OH is 1. The smallest absolute Gasteiger partial charge is 0.126 e. The van der Waals surface area contributed by atoms with E-state index in [9.17, 15) is 9.50 Å². The maximum Gasteiger partial charge on any atom is 0.126 e. The van der Waals surface area contributed by atoms with Gasteiger partial charge in [0.05, 0.1) is 35.9 Å². The number of ether oxygens (including phenoxy) is 1. The number of piperazine rings is 1. The molecule has 3 saturated heterocycles. The van der Waals surface area contributed by atoms with Crippen LogP contribution in [0, 0.1) is 5.82 Å². The maximum absolute atomic E-state index is 13.5. The molecule has 2 aromatic rings. The zero-order valence-electron chi connectivity index (χ0n) is 16.5. The van der Waals surface area contributed by atoms with E-state index >= 15 is 0 Å². The second-order valence-electron chi connectivity index (χ2n) is 8.74. The van der Waals surface area contributed by atoms with Crippen LogP contribution in [0.5, 0.6) is 0 Å². The van der Waals surface area contributed by atoms with E-state index in [1.807, 2.05) is 0 Å². The van der Waals surface area contributed by atoms with Gasteiger partial charge < -0.3 is 14.8 Å². The van der Waals surface area contributed by atoms with Crippen molar-refractivity contribution >= 4 is 22.6 Å². The Morgan fingerprint density at radius 2 is 1.97 bits per heavy atom. The fourth-order valence-electron chi connectivity index (χ4n) is 5.19. The molecule has 2 bridgehead atoms. The summed E-state index contributed by atoms with van der Waals surface area (Å²) in [6.45, 7) is 4.54. The van der Waals surface area contributed by atoms with Crippen LogP contribution in [0.4, 0.5) is 4.39 Å². The number of nitrogens with zero attached hydrogens (tertiary/aromatic N) is 3. The zero-order chi connectivity index (χ0) is 20.0. The fraction of sp³-hybridized carbons (Fsp3) is 0.667. The maximum atomic E-state index is 13.5. The third kappa shape index (κ3) is 4.16. The van der Waals surface area contributed by atoms with Gasteiger partial charge >= 0.3 is 0 Å². The molecular weight excluding hydrogens is 395 g/mol. The van der Waals surface area contributed by atoms with Gasteiger partial charge in [-0.25, -0.2) is 9.37 Å². The van der Waals surface area contributed by atoms with E-state index < -0.39 is 0 Å². The summed E-state index contributed by atoms with van der Waals surface area (Å²) in [5, 5.41) is 9.95. The predicted molar refractivity (Wildman–Crippen MR) is 109 cm³/mol. The number of halogens is 2. The highest BCUT2D eigenvalue weighted by atomic mass is 35.5. The standard InChI is InChI=1S/C21H28ClFN4O2/c22-18-7-13(23)8-19-21(18)25-20(24-19)12-26-10-14-9-15(11-26)27(14)5-6-29-17-3-1-16(28)2-4-17/h7-8,14-17,28H,1-6,9-12H2,(H,24,25). The van der Waals surface area contributed by atoms with Gasteiger partial charge in [-0.1, -0.05) is 11.6 Å². The molecule has 8 heteroatoms. The highest BCUT2D eigenvalue weighted by molar-refractivity contribution is 6.34. The zero-order valence-corrected chi connectivity index (χ0v) is 17.2. The Hall–Kier alpha value is -1.25. The van der Waals surface area contributed by atoms with E-state index in [1.165, 1.54) is 18.6 Å². The molecule has 2 N–H and O–H groups in total. The van der Waals surface area contributed by atoms with Crippen molar-refractivity contribution in [3.05, 3.63) is 28.8 Å². The lowest BCUT2D eigenvalue weighted by molar-refractivity contribution is -0.0925. The summed E-state index contributed by atoms with van der Waals surface area (Å²) >= 11 is 6.11. The monoisotopic (exact) mass is 422 g/mol. The number of hydrogen-bond donors (Lipinski definition) is 2. The lowest BCUT2D eigenvalue weighted by Crippen LogP contribution is -2.68. The molecule has 2 atom stereocenters. The van der Waals surface area contributed by atoms with E-state index in [-0.39, 0.29) is 11.9 Å². The van der Waals surface area contributed by atoms with Gasteiger partial charge in [0.2, 0.25) is 0 Å². The molecule has 4 aliphatic rings. The lowest BCUT2D eigenvalue weighted by atomic mass is 9.87. The van der Waals surface area contributed by atoms with Crippen molar-refractivity contribution in [1.29, 1.82) is 0 Å². The van der Waals surface area contributed by atoms with Crippen LogP contribution in [0.25, 0.3) is 11.0 Å². The molecule has 6 nitrogen and oxygen atoms in total. The predicted octanol–water partition coefficient (Wildman–Crippen LogP) is 2.93. The topological polar surface area (TPSA) is 64.6 Å². The van der Waals surface area contributed by atoms with Crippen LogP contribution in [0.3, 0.4) is 0 Å². The second-order valence-corrected chi connectivity index (χ2v) is 9.15. The average molecular weight is 423 g/mol. The van der Waals surface area contributed by atoms with Crippen LogP contribution in [0.1, 0.15) is 37.9 Å². The summed E-state index contributed by atoms with van der Waals surface area (Å²) in [4.78, 5) is 12.8. The van der Waals surface area contributed by atoms with Gasteiger partial charge in [0.25, 0.3) is 0 Å². The van der Waals surface area contributed by atoms with Gasteiger partial charge in [-0.15, -0.1) is 0 Å². The van der Waals surface area contributed by atoms with Crippen molar-refractivity contribution in [3.63, 3.8) is 0 Å². The first-order chi connectivity index (χ1) is 14.0. The van der Waals surface area contributed by atoms with Gasteiger partial charge in [-0.3, -0.25) is 9.80 Å². The van der Waals surface area contributed by atoms with Crippen LogP contribution in [-0.4, -0.2) is 75.4 Å². The van der Waals surface area contributed by atoms with Crippen molar-refractivity contribution in [2.24, 2.45) is 0 Å². The SMILES string of the molecule is OC1CCC(OCCN2C3CC2CN(Cc2nc4c(Cl)cc(F)cc4[nH]2)C3)CC1. The van der Waals surface area contributed by atoms with Crippen LogP contribution in [0.15, 0.2) is 12.1 Å². The van der Waals surface area contributed by atoms with Crippen molar-refractivity contribution in [3.8, 4) is 0 Å². The molecule has 29 heavy (non-hydrogen) atoms. The number of rotatable bonds is 6. The Morgan fingerprint density at radius 3 is 2.72 bits per heavy atom. The van der Waals surface area contributed by atoms with E-state index in [2.05, 4.69) is 19.8 Å². The van der Waals surface area contributed by atoms with Crippen LogP contribution >= 0.6 is 11.6 Å². The van der Waals surface area contributed by atoms with Crippen molar-refractivity contribution in [2.75, 3.05) is 26.2 Å². The molecule has 1 aromatic carbocycles. The van der Waals surface area contributed by atoms with Crippen molar-refractivity contribution < 1.29 is 14.2 Å². The minimum absolute atomic E-state index is 0.127. The molecule has 3 aliphatic heterocycles. The fourth-order valence-corrected chi connectivity index (χ4v) is 5.43. The highest BCUT2D eigenvalue weighted by Gasteiger charge is 2.44. The molecule has 2 unspecified atom stereocenters. The van der Waals surface area contributed by atoms with Crippen LogP contribution in [0.2, 0.25) is 5.02 Å². The first-order valence-electron chi connectivity index (χ1n) is 10.7. The number of piperidine rings is 1. The number of hydrogen-bond acceptors (Lipinski definition) is 5. The number of imidazole rings is 1. The summed E-state index contributed by atoms with van der Waals surface area (Å²) in [6, 6.07) is 3.91. The minimum Gasteiger partial charge on any atom is -0.393 e. The minimum atomic E-state index is -0.348. The van der Waals surface area contributed by atoms with E-state index in [4.69, 9.17) is 16.3 Å². The lowest BCUT2D eigenvalue weighted by Gasteiger charge is -2.56. The van der Waals surface area contributed by atoms with E-state index in [0.29, 0.717) is 34.2 Å². The largest absolute Gasteiger partial charge is 0.393 e. The van der Waals surface area contributed by atoms with Gasteiger partial charge in [-0.05, 0) is 44.2 Å². The molecule has 4 heterocycles. The summed E-state index contributed by atoms with van der Waals surface area (Å²) in [7, 11) is 0.